The summed E-state index contributed by atoms with van der Waals surface area (Å²) in [6, 6.07) is 1.84. The minimum absolute atomic E-state index is 0.0520. The second-order valence-corrected chi connectivity index (χ2v) is 2.11. The second-order valence-electron chi connectivity index (χ2n) is 2.11. The lowest BCUT2D eigenvalue weighted by Crippen LogP contribution is -2.16. The van der Waals surface area contributed by atoms with Crippen molar-refractivity contribution in [3.8, 4) is 0 Å². The SMILES string of the molecule is C=CC(NC)c1ncccn1. The summed E-state index contributed by atoms with van der Waals surface area (Å²) in [4.78, 5) is 8.15. The van der Waals surface area contributed by atoms with Crippen molar-refractivity contribution in [2.75, 3.05) is 7.05 Å². The molecule has 1 aromatic heterocycles. The monoisotopic (exact) mass is 149 g/mol. The molecule has 0 aliphatic carbocycles. The minimum atomic E-state index is 0.0520. The highest BCUT2D eigenvalue weighted by Crippen LogP contribution is 2.04. The van der Waals surface area contributed by atoms with Gasteiger partial charge in [0.05, 0.1) is 6.04 Å². The summed E-state index contributed by atoms with van der Waals surface area (Å²) in [5.41, 5.74) is 0. The van der Waals surface area contributed by atoms with Crippen LogP contribution in [0.4, 0.5) is 0 Å². The molecular formula is C8H11N3. The van der Waals surface area contributed by atoms with Crippen molar-refractivity contribution in [3.05, 3.63) is 36.9 Å². The Labute approximate surface area is 66.2 Å². The van der Waals surface area contributed by atoms with Gasteiger partial charge in [-0.1, -0.05) is 6.08 Å². The van der Waals surface area contributed by atoms with Gasteiger partial charge in [0, 0.05) is 12.4 Å². The fourth-order valence-corrected chi connectivity index (χ4v) is 0.824. The van der Waals surface area contributed by atoms with Crippen molar-refractivity contribution in [3.63, 3.8) is 0 Å². The van der Waals surface area contributed by atoms with Gasteiger partial charge in [-0.2, -0.15) is 0 Å². The van der Waals surface area contributed by atoms with Crippen LogP contribution >= 0.6 is 0 Å². The van der Waals surface area contributed by atoms with Crippen molar-refractivity contribution in [1.82, 2.24) is 15.3 Å². The van der Waals surface area contributed by atoms with E-state index in [4.69, 9.17) is 0 Å². The van der Waals surface area contributed by atoms with E-state index in [2.05, 4.69) is 21.9 Å². The summed E-state index contributed by atoms with van der Waals surface area (Å²) in [7, 11) is 1.85. The van der Waals surface area contributed by atoms with Crippen LogP contribution in [0, 0.1) is 0 Å². The lowest BCUT2D eigenvalue weighted by atomic mass is 10.3. The maximum absolute atomic E-state index is 4.08. The van der Waals surface area contributed by atoms with Crippen LogP contribution in [0.2, 0.25) is 0 Å². The third-order valence-electron chi connectivity index (χ3n) is 1.41. The smallest absolute Gasteiger partial charge is 0.148 e. The Morgan fingerprint density at radius 1 is 1.55 bits per heavy atom. The molecule has 0 fully saturated rings. The van der Waals surface area contributed by atoms with Crippen LogP contribution in [0.1, 0.15) is 11.9 Å². The second kappa shape index (κ2) is 3.83. The van der Waals surface area contributed by atoms with Gasteiger partial charge in [-0.15, -0.1) is 6.58 Å². The van der Waals surface area contributed by atoms with Crippen LogP contribution in [-0.2, 0) is 0 Å². The largest absolute Gasteiger partial charge is 0.307 e. The average Bonchev–Trinajstić information content (AvgIpc) is 2.09. The molecule has 0 bridgehead atoms. The van der Waals surface area contributed by atoms with Crippen LogP contribution < -0.4 is 5.32 Å². The van der Waals surface area contributed by atoms with Gasteiger partial charge in [-0.05, 0) is 13.1 Å². The molecule has 1 unspecified atom stereocenters. The highest BCUT2D eigenvalue weighted by atomic mass is 15.0. The lowest BCUT2D eigenvalue weighted by molar-refractivity contribution is 0.667. The predicted molar refractivity (Wildman–Crippen MR) is 44.0 cm³/mol. The first-order valence-corrected chi connectivity index (χ1v) is 3.45. The molecule has 0 saturated carbocycles. The number of hydrogen-bond donors (Lipinski definition) is 1. The van der Waals surface area contributed by atoms with Gasteiger partial charge in [0.1, 0.15) is 5.82 Å². The van der Waals surface area contributed by atoms with E-state index in [0.717, 1.165) is 5.82 Å². The molecule has 1 heterocycles. The molecule has 11 heavy (non-hydrogen) atoms. The van der Waals surface area contributed by atoms with Crippen molar-refractivity contribution in [2.24, 2.45) is 0 Å². The van der Waals surface area contributed by atoms with E-state index < -0.39 is 0 Å². The Bertz CT molecular complexity index is 220. The molecule has 58 valence electrons. The molecule has 0 radical (unpaired) electrons. The molecule has 3 heteroatoms. The Balaban J connectivity index is 2.82. The number of rotatable bonds is 3. The van der Waals surface area contributed by atoms with Crippen LogP contribution in [0.15, 0.2) is 31.1 Å². The maximum Gasteiger partial charge on any atom is 0.148 e. The van der Waals surface area contributed by atoms with Gasteiger partial charge in [0.2, 0.25) is 0 Å². The number of hydrogen-bond acceptors (Lipinski definition) is 3. The number of likely N-dealkylation sites (N-methyl/N-ethyl adjacent to an activating group) is 1. The van der Waals surface area contributed by atoms with E-state index >= 15 is 0 Å². The summed E-state index contributed by atoms with van der Waals surface area (Å²) in [6.07, 6.45) is 5.21. The average molecular weight is 149 g/mol. The molecule has 1 aromatic rings. The quantitative estimate of drug-likeness (QED) is 0.649. The predicted octanol–water partition coefficient (Wildman–Crippen LogP) is 0.923. The summed E-state index contributed by atoms with van der Waals surface area (Å²) >= 11 is 0. The van der Waals surface area contributed by atoms with Crippen LogP contribution in [0.5, 0.6) is 0 Å². The molecule has 1 atom stereocenters. The van der Waals surface area contributed by atoms with Crippen LogP contribution in [0.3, 0.4) is 0 Å². The molecule has 0 aromatic carbocycles. The van der Waals surface area contributed by atoms with Crippen molar-refractivity contribution in [2.45, 2.75) is 6.04 Å². The molecule has 1 N–H and O–H groups in total. The number of aromatic nitrogens is 2. The molecule has 0 amide bonds. The van der Waals surface area contributed by atoms with E-state index in [-0.39, 0.29) is 6.04 Å². The minimum Gasteiger partial charge on any atom is -0.307 e. The Kier molecular flexibility index (Phi) is 2.74. The zero-order valence-electron chi connectivity index (χ0n) is 6.49. The molecule has 0 saturated heterocycles. The zero-order valence-corrected chi connectivity index (χ0v) is 6.49. The first-order chi connectivity index (χ1) is 5.38. The number of nitrogens with one attached hydrogen (secondary N) is 1. The summed E-state index contributed by atoms with van der Waals surface area (Å²) in [5.74, 6) is 0.755. The maximum atomic E-state index is 4.08. The van der Waals surface area contributed by atoms with Crippen LogP contribution in [-0.4, -0.2) is 17.0 Å². The molecule has 0 aliphatic rings. The van der Waals surface area contributed by atoms with Crippen molar-refractivity contribution in [1.29, 1.82) is 0 Å². The van der Waals surface area contributed by atoms with E-state index in [1.807, 2.05) is 7.05 Å². The van der Waals surface area contributed by atoms with Gasteiger partial charge < -0.3 is 5.32 Å². The summed E-state index contributed by atoms with van der Waals surface area (Å²) < 4.78 is 0. The molecule has 0 spiro atoms. The fraction of sp³-hybridized carbons (Fsp3) is 0.250. The summed E-state index contributed by atoms with van der Waals surface area (Å²) in [5, 5.41) is 3.02. The Morgan fingerprint density at radius 2 is 2.18 bits per heavy atom. The van der Waals surface area contributed by atoms with E-state index in [0.29, 0.717) is 0 Å². The van der Waals surface area contributed by atoms with E-state index in [1.165, 1.54) is 0 Å². The third-order valence-corrected chi connectivity index (χ3v) is 1.41. The lowest BCUT2D eigenvalue weighted by Gasteiger charge is -2.07. The van der Waals surface area contributed by atoms with E-state index in [1.54, 1.807) is 24.5 Å². The van der Waals surface area contributed by atoms with Gasteiger partial charge in [-0.25, -0.2) is 9.97 Å². The first-order valence-electron chi connectivity index (χ1n) is 3.45. The highest BCUT2D eigenvalue weighted by molar-refractivity contribution is 5.02. The normalized spacial score (nSPS) is 12.5. The molecule has 3 nitrogen and oxygen atoms in total. The highest BCUT2D eigenvalue weighted by Gasteiger charge is 2.04. The van der Waals surface area contributed by atoms with Crippen molar-refractivity contribution < 1.29 is 0 Å². The molecule has 0 aliphatic heterocycles. The third kappa shape index (κ3) is 1.85. The van der Waals surface area contributed by atoms with Gasteiger partial charge in [-0.3, -0.25) is 0 Å². The zero-order chi connectivity index (χ0) is 8.10. The Morgan fingerprint density at radius 3 is 2.64 bits per heavy atom. The van der Waals surface area contributed by atoms with Gasteiger partial charge in [0.15, 0.2) is 0 Å². The van der Waals surface area contributed by atoms with Crippen molar-refractivity contribution >= 4 is 0 Å². The van der Waals surface area contributed by atoms with Crippen LogP contribution in [0.25, 0.3) is 0 Å². The molecular weight excluding hydrogens is 138 g/mol. The standard InChI is InChI=1S/C8H11N3/c1-3-7(9-2)8-10-5-4-6-11-8/h3-7,9H,1H2,2H3. The van der Waals surface area contributed by atoms with Gasteiger partial charge >= 0.3 is 0 Å². The number of nitrogens with zero attached hydrogens (tertiary/aromatic N) is 2. The summed E-state index contributed by atoms with van der Waals surface area (Å²) in [6.45, 7) is 3.67. The fourth-order valence-electron chi connectivity index (χ4n) is 0.824. The van der Waals surface area contributed by atoms with Gasteiger partial charge in [0.25, 0.3) is 0 Å². The first kappa shape index (κ1) is 7.88. The van der Waals surface area contributed by atoms with E-state index in [9.17, 15) is 0 Å². The topological polar surface area (TPSA) is 37.8 Å². The molecule has 1 rings (SSSR count). The Hall–Kier alpha value is -1.22.